The minimum absolute atomic E-state index is 0.0108. The molecule has 1 aromatic carbocycles. The van der Waals surface area contributed by atoms with Gasteiger partial charge in [-0.3, -0.25) is 0 Å². The Kier molecular flexibility index (Phi) is 7.09. The number of hydrogen-bond acceptors (Lipinski definition) is 7. The molecule has 2 aromatic rings. The molecule has 5 aliphatic rings. The Hall–Kier alpha value is -2.72. The van der Waals surface area contributed by atoms with E-state index >= 15 is 0 Å². The van der Waals surface area contributed by atoms with Crippen LogP contribution in [-0.4, -0.2) is 66.6 Å². The lowest BCUT2D eigenvalue weighted by Gasteiger charge is -2.64. The Morgan fingerprint density at radius 1 is 1.20 bits per heavy atom. The van der Waals surface area contributed by atoms with Crippen molar-refractivity contribution in [1.29, 1.82) is 0 Å². The van der Waals surface area contributed by atoms with Crippen molar-refractivity contribution >= 4 is 30.3 Å². The molecule has 3 saturated carbocycles. The second-order valence-corrected chi connectivity index (χ2v) is 14.1. The molecule has 9 nitrogen and oxygen atoms in total. The summed E-state index contributed by atoms with van der Waals surface area (Å²) in [5.41, 5.74) is 1.19. The molecule has 1 N–H and O–H groups in total. The lowest BCUT2D eigenvalue weighted by Crippen LogP contribution is -2.65. The summed E-state index contributed by atoms with van der Waals surface area (Å²) in [7, 11) is -0.576. The summed E-state index contributed by atoms with van der Waals surface area (Å²) in [6.45, 7) is 13.1. The second kappa shape index (κ2) is 10.2. The van der Waals surface area contributed by atoms with Gasteiger partial charge in [-0.1, -0.05) is 32.0 Å². The number of alkyl carbamates (subject to hydrolysis) is 1. The first-order valence-electron chi connectivity index (χ1n) is 15.1. The van der Waals surface area contributed by atoms with Crippen molar-refractivity contribution in [1.82, 2.24) is 10.2 Å². The zero-order chi connectivity index (χ0) is 29.2. The number of likely N-dealkylation sites (tertiary alicyclic amines) is 1. The van der Waals surface area contributed by atoms with Crippen LogP contribution in [0.5, 0.6) is 0 Å². The predicted molar refractivity (Wildman–Crippen MR) is 154 cm³/mol. The number of aryl methyl sites for hydroxylation is 1. The number of carbonyl (C=O) groups is 2. The number of ether oxygens (including phenoxy) is 2. The Balaban J connectivity index is 1.12. The second-order valence-electron chi connectivity index (χ2n) is 14.1. The third-order valence-corrected chi connectivity index (χ3v) is 10.1. The normalized spacial score (nSPS) is 30.7. The van der Waals surface area contributed by atoms with Crippen molar-refractivity contribution < 1.29 is 32.8 Å². The van der Waals surface area contributed by atoms with Crippen molar-refractivity contribution in [3.05, 3.63) is 36.1 Å². The molecular formula is C31H43BN2O7. The van der Waals surface area contributed by atoms with Gasteiger partial charge in [0.1, 0.15) is 17.8 Å². The molecule has 2 bridgehead atoms. The van der Waals surface area contributed by atoms with Gasteiger partial charge in [-0.05, 0) is 88.7 Å². The lowest BCUT2D eigenvalue weighted by molar-refractivity contribution is -0.199. The van der Waals surface area contributed by atoms with Crippen LogP contribution >= 0.6 is 0 Å². The highest BCUT2D eigenvalue weighted by atomic mass is 16.7. The molecule has 7 rings (SSSR count). The van der Waals surface area contributed by atoms with Gasteiger partial charge in [-0.2, -0.15) is 0 Å². The fourth-order valence-electron chi connectivity index (χ4n) is 7.42. The molecule has 2 amide bonds. The molecule has 10 heteroatoms. The lowest BCUT2D eigenvalue weighted by atomic mass is 9.43. The fourth-order valence-corrected chi connectivity index (χ4v) is 7.42. The highest BCUT2D eigenvalue weighted by Crippen LogP contribution is 2.65. The van der Waals surface area contributed by atoms with E-state index in [0.29, 0.717) is 31.2 Å². The van der Waals surface area contributed by atoms with Crippen LogP contribution in [0.25, 0.3) is 11.0 Å². The number of para-hydroxylation sites is 1. The Morgan fingerprint density at radius 3 is 2.68 bits per heavy atom. The summed E-state index contributed by atoms with van der Waals surface area (Å²) in [6, 6.07) is 7.76. The predicted octanol–water partition coefficient (Wildman–Crippen LogP) is 5.74. The smallest absolute Gasteiger partial charge is 0.464 e. The van der Waals surface area contributed by atoms with Gasteiger partial charge in [0, 0.05) is 11.9 Å². The Labute approximate surface area is 242 Å². The number of rotatable bonds is 7. The molecule has 2 aliphatic heterocycles. The molecule has 0 unspecified atom stereocenters. The number of nitrogens with one attached hydrogen (secondary N) is 1. The van der Waals surface area contributed by atoms with Crippen molar-refractivity contribution in [3.8, 4) is 0 Å². The van der Waals surface area contributed by atoms with Crippen LogP contribution in [0, 0.1) is 17.3 Å². The van der Waals surface area contributed by atoms with Crippen LogP contribution < -0.4 is 5.32 Å². The van der Waals surface area contributed by atoms with Crippen LogP contribution in [0.3, 0.4) is 0 Å². The largest absolute Gasteiger partial charge is 0.481 e. The maximum Gasteiger partial charge on any atom is 0.481 e. The van der Waals surface area contributed by atoms with E-state index in [-0.39, 0.29) is 35.9 Å². The summed E-state index contributed by atoms with van der Waals surface area (Å²) in [4.78, 5) is 27.2. The van der Waals surface area contributed by atoms with E-state index in [1.165, 1.54) is 0 Å². The monoisotopic (exact) mass is 566 g/mol. The number of nitrogens with zero attached hydrogens (tertiary/aromatic N) is 1. The quantitative estimate of drug-likeness (QED) is 0.427. The number of fused-ring (bicyclic) bond motifs is 1. The molecule has 222 valence electrons. The van der Waals surface area contributed by atoms with Crippen LogP contribution in [0.15, 0.2) is 34.9 Å². The van der Waals surface area contributed by atoms with E-state index in [4.69, 9.17) is 23.2 Å². The highest BCUT2D eigenvalue weighted by molar-refractivity contribution is 6.47. The summed E-state index contributed by atoms with van der Waals surface area (Å²) in [5, 5.41) is 4.12. The molecule has 6 atom stereocenters. The molecule has 41 heavy (non-hydrogen) atoms. The Morgan fingerprint density at radius 2 is 1.98 bits per heavy atom. The van der Waals surface area contributed by atoms with E-state index in [1.807, 2.05) is 45.0 Å². The summed E-state index contributed by atoms with van der Waals surface area (Å²) >= 11 is 0. The van der Waals surface area contributed by atoms with Crippen molar-refractivity contribution in [2.45, 2.75) is 103 Å². The van der Waals surface area contributed by atoms with Gasteiger partial charge in [0.15, 0.2) is 0 Å². The first-order chi connectivity index (χ1) is 19.3. The van der Waals surface area contributed by atoms with Gasteiger partial charge in [0.05, 0.1) is 30.0 Å². The van der Waals surface area contributed by atoms with Gasteiger partial charge >= 0.3 is 19.3 Å². The number of carbonyl (C=O) groups excluding carboxylic acids is 2. The van der Waals surface area contributed by atoms with Crippen molar-refractivity contribution in [2.24, 2.45) is 17.3 Å². The molecule has 5 fully saturated rings. The standard InChI is InChI=1S/C31H43BN2O7/c1-29(2,3)39-28(36)34-14-13-21(34)18-38-27(35)33-26(12-11-19-17-37-23-10-8-7-9-22(19)23)32-40-25-16-20-15-24(30(20,4)5)31(25,6)41-32/h7-10,17,20-21,24-26H,11-16,18H2,1-6H3,(H,33,35)/t20-,21+,24-,25+,26-,31-/m0/s1. The summed E-state index contributed by atoms with van der Waals surface area (Å²) in [5.74, 6) is 0.644. The molecule has 2 saturated heterocycles. The molecule has 0 radical (unpaired) electrons. The average Bonchev–Trinajstić information content (AvgIpc) is 3.45. The van der Waals surface area contributed by atoms with Crippen molar-refractivity contribution in [3.63, 3.8) is 0 Å². The number of hydrogen-bond donors (Lipinski definition) is 1. The summed E-state index contributed by atoms with van der Waals surface area (Å²) < 4.78 is 30.1. The van der Waals surface area contributed by atoms with Crippen LogP contribution in [0.2, 0.25) is 0 Å². The molecule has 3 aliphatic carbocycles. The maximum atomic E-state index is 13.1. The zero-order valence-corrected chi connectivity index (χ0v) is 25.1. The van der Waals surface area contributed by atoms with Gasteiger partial charge in [-0.25, -0.2) is 9.59 Å². The van der Waals surface area contributed by atoms with E-state index in [9.17, 15) is 9.59 Å². The van der Waals surface area contributed by atoms with Crippen molar-refractivity contribution in [2.75, 3.05) is 13.2 Å². The van der Waals surface area contributed by atoms with E-state index in [2.05, 4.69) is 26.1 Å². The topological polar surface area (TPSA) is 99.5 Å². The average molecular weight is 567 g/mol. The van der Waals surface area contributed by atoms with Gasteiger partial charge in [-0.15, -0.1) is 0 Å². The first kappa shape index (κ1) is 28.4. The number of amides is 2. The SMILES string of the molecule is CC(C)(C)OC(=O)N1CC[C@@H]1COC(=O)N[C@@H](CCc1coc2ccccc12)B1O[C@@H]2C[C@@H]3C[C@@H](C3(C)C)[C@]2(C)O1. The zero-order valence-electron chi connectivity index (χ0n) is 25.1. The minimum atomic E-state index is -0.576. The summed E-state index contributed by atoms with van der Waals surface area (Å²) in [6.07, 6.45) is 5.04. The molecule has 1 aromatic heterocycles. The molecular weight excluding hydrogens is 523 g/mol. The number of benzene rings is 1. The van der Waals surface area contributed by atoms with E-state index in [1.54, 1.807) is 11.2 Å². The minimum Gasteiger partial charge on any atom is -0.464 e. The Bertz CT molecular complexity index is 1300. The van der Waals surface area contributed by atoms with Crippen LogP contribution in [0.4, 0.5) is 9.59 Å². The first-order valence-corrected chi connectivity index (χ1v) is 15.1. The molecule has 3 heterocycles. The third kappa shape index (κ3) is 5.22. The van der Waals surface area contributed by atoms with E-state index < -0.39 is 24.8 Å². The van der Waals surface area contributed by atoms with Gasteiger partial charge < -0.3 is 33.4 Å². The van der Waals surface area contributed by atoms with Crippen LogP contribution in [0.1, 0.15) is 72.8 Å². The fraction of sp³-hybridized carbons (Fsp3) is 0.677. The van der Waals surface area contributed by atoms with Crippen LogP contribution in [-0.2, 0) is 25.2 Å². The number of furan rings is 1. The maximum absolute atomic E-state index is 13.1. The molecule has 0 spiro atoms. The third-order valence-electron chi connectivity index (χ3n) is 10.1. The van der Waals surface area contributed by atoms with Gasteiger partial charge in [0.2, 0.25) is 0 Å². The van der Waals surface area contributed by atoms with E-state index in [0.717, 1.165) is 35.8 Å². The van der Waals surface area contributed by atoms with Gasteiger partial charge in [0.25, 0.3) is 0 Å². The highest BCUT2D eigenvalue weighted by Gasteiger charge is 2.68.